The van der Waals surface area contributed by atoms with E-state index in [1.807, 2.05) is 0 Å². The summed E-state index contributed by atoms with van der Waals surface area (Å²) in [5.41, 5.74) is 5.47. The van der Waals surface area contributed by atoms with E-state index in [4.69, 9.17) is 17.3 Å². The molecule has 2 amide bonds. The van der Waals surface area contributed by atoms with Gasteiger partial charge in [0.15, 0.2) is 0 Å². The highest BCUT2D eigenvalue weighted by molar-refractivity contribution is 7.89. The zero-order valence-electron chi connectivity index (χ0n) is 13.5. The molecular formula is C16H16ClN3O4S2. The Kier molecular flexibility index (Phi) is 5.33. The fourth-order valence-corrected chi connectivity index (χ4v) is 5.40. The number of carbonyl (C=O) groups is 2. The number of nitrogens with zero attached hydrogens (tertiary/aromatic N) is 1. The molecule has 0 bridgehead atoms. The Morgan fingerprint density at radius 2 is 1.92 bits per heavy atom. The van der Waals surface area contributed by atoms with Crippen molar-refractivity contribution in [1.82, 2.24) is 4.31 Å². The Hall–Kier alpha value is -1.94. The van der Waals surface area contributed by atoms with E-state index < -0.39 is 27.9 Å². The van der Waals surface area contributed by atoms with Crippen LogP contribution in [0.25, 0.3) is 0 Å². The lowest BCUT2D eigenvalue weighted by Gasteiger charge is -2.23. The molecular weight excluding hydrogens is 398 g/mol. The van der Waals surface area contributed by atoms with Crippen LogP contribution in [0.2, 0.25) is 5.02 Å². The topological polar surface area (TPSA) is 110 Å². The standard InChI is InChI=1S/C16H16ClN3O4S2/c17-10-3-5-11(6-4-10)26(23,24)20-8-1-2-13(20)15(22)19-16-12(14(18)21)7-9-25-16/h3-7,9,13H,1-2,8H2,(H2,18,21)(H,19,22)/t13-/m1/s1. The smallest absolute Gasteiger partial charge is 0.251 e. The van der Waals surface area contributed by atoms with Gasteiger partial charge in [-0.2, -0.15) is 4.31 Å². The van der Waals surface area contributed by atoms with Crippen LogP contribution >= 0.6 is 22.9 Å². The van der Waals surface area contributed by atoms with Crippen LogP contribution in [0.15, 0.2) is 40.6 Å². The van der Waals surface area contributed by atoms with Crippen LogP contribution in [0.3, 0.4) is 0 Å². The highest BCUT2D eigenvalue weighted by Crippen LogP contribution is 2.29. The minimum absolute atomic E-state index is 0.0792. The van der Waals surface area contributed by atoms with Crippen molar-refractivity contribution in [2.75, 3.05) is 11.9 Å². The first-order chi connectivity index (χ1) is 12.3. The normalized spacial score (nSPS) is 18.0. The van der Waals surface area contributed by atoms with Gasteiger partial charge >= 0.3 is 0 Å². The fourth-order valence-electron chi connectivity index (χ4n) is 2.83. The molecule has 1 atom stereocenters. The SMILES string of the molecule is NC(=O)c1ccsc1NC(=O)[C@H]1CCCN1S(=O)(=O)c1ccc(Cl)cc1. The molecule has 1 saturated heterocycles. The highest BCUT2D eigenvalue weighted by Gasteiger charge is 2.39. The van der Waals surface area contributed by atoms with Crippen molar-refractivity contribution in [3.05, 3.63) is 46.3 Å². The van der Waals surface area contributed by atoms with E-state index in [1.54, 1.807) is 5.38 Å². The lowest BCUT2D eigenvalue weighted by molar-refractivity contribution is -0.119. The Bertz CT molecular complexity index is 941. The quantitative estimate of drug-likeness (QED) is 0.783. The first kappa shape index (κ1) is 18.8. The zero-order valence-corrected chi connectivity index (χ0v) is 15.9. The molecule has 1 aromatic carbocycles. The number of hydrogen-bond donors (Lipinski definition) is 2. The number of carbonyl (C=O) groups excluding carboxylic acids is 2. The number of sulfonamides is 1. The van der Waals surface area contributed by atoms with Crippen molar-refractivity contribution < 1.29 is 18.0 Å². The summed E-state index contributed by atoms with van der Waals surface area (Å²) in [7, 11) is -3.83. The monoisotopic (exact) mass is 413 g/mol. The number of hydrogen-bond acceptors (Lipinski definition) is 5. The Morgan fingerprint density at radius 3 is 2.58 bits per heavy atom. The number of anilines is 1. The number of benzene rings is 1. The van der Waals surface area contributed by atoms with Gasteiger partial charge in [0.1, 0.15) is 11.0 Å². The van der Waals surface area contributed by atoms with Crippen molar-refractivity contribution in [1.29, 1.82) is 0 Å². The number of rotatable bonds is 5. The van der Waals surface area contributed by atoms with Crippen LogP contribution in [0, 0.1) is 0 Å². The molecule has 3 rings (SSSR count). The summed E-state index contributed by atoms with van der Waals surface area (Å²) < 4.78 is 26.9. The first-order valence-electron chi connectivity index (χ1n) is 7.76. The molecule has 1 aliphatic heterocycles. The second-order valence-electron chi connectivity index (χ2n) is 5.74. The Balaban J connectivity index is 1.83. The van der Waals surface area contributed by atoms with Gasteiger partial charge in [-0.3, -0.25) is 9.59 Å². The molecule has 1 aromatic heterocycles. The van der Waals surface area contributed by atoms with Gasteiger partial charge in [0.2, 0.25) is 15.9 Å². The average Bonchev–Trinajstić information content (AvgIpc) is 3.24. The predicted octanol–water partition coefficient (Wildman–Crippen LogP) is 2.29. The van der Waals surface area contributed by atoms with E-state index in [-0.39, 0.29) is 17.0 Å². The van der Waals surface area contributed by atoms with Crippen molar-refractivity contribution in [2.24, 2.45) is 5.73 Å². The number of primary amides is 1. The average molecular weight is 414 g/mol. The minimum Gasteiger partial charge on any atom is -0.366 e. The molecule has 1 fully saturated rings. The molecule has 2 aromatic rings. The second kappa shape index (κ2) is 7.36. The van der Waals surface area contributed by atoms with Crippen LogP contribution in [-0.2, 0) is 14.8 Å². The molecule has 0 radical (unpaired) electrons. The molecule has 3 N–H and O–H groups in total. The third kappa shape index (κ3) is 3.61. The number of amides is 2. The molecule has 26 heavy (non-hydrogen) atoms. The molecule has 7 nitrogen and oxygen atoms in total. The van der Waals surface area contributed by atoms with Crippen molar-refractivity contribution in [3.8, 4) is 0 Å². The lowest BCUT2D eigenvalue weighted by atomic mass is 10.2. The van der Waals surface area contributed by atoms with Gasteiger partial charge in [-0.25, -0.2) is 8.42 Å². The first-order valence-corrected chi connectivity index (χ1v) is 10.5. The summed E-state index contributed by atoms with van der Waals surface area (Å²) in [6.07, 6.45) is 0.966. The molecule has 0 spiro atoms. The van der Waals surface area contributed by atoms with Gasteiger partial charge in [-0.1, -0.05) is 11.6 Å². The van der Waals surface area contributed by atoms with Crippen LogP contribution in [-0.4, -0.2) is 37.1 Å². The molecule has 0 saturated carbocycles. The maximum absolute atomic E-state index is 12.9. The summed E-state index contributed by atoms with van der Waals surface area (Å²) in [5, 5.41) is 5.00. The molecule has 2 heterocycles. The van der Waals surface area contributed by atoms with Gasteiger partial charge in [-0.05, 0) is 48.6 Å². The molecule has 0 unspecified atom stereocenters. The van der Waals surface area contributed by atoms with E-state index in [1.165, 1.54) is 34.6 Å². The minimum atomic E-state index is -3.83. The summed E-state index contributed by atoms with van der Waals surface area (Å²) in [4.78, 5) is 24.1. The van der Waals surface area contributed by atoms with E-state index in [0.717, 1.165) is 11.3 Å². The third-order valence-electron chi connectivity index (χ3n) is 4.09. The highest BCUT2D eigenvalue weighted by atomic mass is 35.5. The van der Waals surface area contributed by atoms with Crippen LogP contribution in [0.4, 0.5) is 5.00 Å². The zero-order chi connectivity index (χ0) is 18.9. The summed E-state index contributed by atoms with van der Waals surface area (Å²) in [6, 6.07) is 6.47. The van der Waals surface area contributed by atoms with E-state index in [9.17, 15) is 18.0 Å². The Morgan fingerprint density at radius 1 is 1.23 bits per heavy atom. The summed E-state index contributed by atoms with van der Waals surface area (Å²) >= 11 is 6.97. The van der Waals surface area contributed by atoms with Crippen LogP contribution < -0.4 is 11.1 Å². The Labute approximate surface area is 159 Å². The largest absolute Gasteiger partial charge is 0.366 e. The molecule has 138 valence electrons. The van der Waals surface area contributed by atoms with E-state index >= 15 is 0 Å². The van der Waals surface area contributed by atoms with Gasteiger partial charge in [0.05, 0.1) is 10.5 Å². The van der Waals surface area contributed by atoms with Crippen LogP contribution in [0.5, 0.6) is 0 Å². The van der Waals surface area contributed by atoms with Gasteiger partial charge in [0, 0.05) is 11.6 Å². The van der Waals surface area contributed by atoms with Gasteiger partial charge in [-0.15, -0.1) is 11.3 Å². The summed E-state index contributed by atoms with van der Waals surface area (Å²) in [5.74, 6) is -1.14. The number of nitrogens with one attached hydrogen (secondary N) is 1. The maximum Gasteiger partial charge on any atom is 0.251 e. The third-order valence-corrected chi connectivity index (χ3v) is 7.10. The second-order valence-corrected chi connectivity index (χ2v) is 8.99. The molecule has 0 aliphatic carbocycles. The molecule has 10 heteroatoms. The number of halogens is 1. The van der Waals surface area contributed by atoms with E-state index in [0.29, 0.717) is 22.9 Å². The lowest BCUT2D eigenvalue weighted by Crippen LogP contribution is -2.43. The fraction of sp³-hybridized carbons (Fsp3) is 0.250. The van der Waals surface area contributed by atoms with E-state index in [2.05, 4.69) is 5.32 Å². The number of nitrogens with two attached hydrogens (primary N) is 1. The summed E-state index contributed by atoms with van der Waals surface area (Å²) in [6.45, 7) is 0.246. The van der Waals surface area contributed by atoms with Crippen molar-refractivity contribution >= 4 is 49.8 Å². The van der Waals surface area contributed by atoms with Gasteiger partial charge < -0.3 is 11.1 Å². The van der Waals surface area contributed by atoms with Gasteiger partial charge in [0.25, 0.3) is 5.91 Å². The van der Waals surface area contributed by atoms with Crippen LogP contribution in [0.1, 0.15) is 23.2 Å². The van der Waals surface area contributed by atoms with Crippen molar-refractivity contribution in [2.45, 2.75) is 23.8 Å². The van der Waals surface area contributed by atoms with Crippen molar-refractivity contribution in [3.63, 3.8) is 0 Å². The number of thiophene rings is 1. The molecule has 1 aliphatic rings. The predicted molar refractivity (Wildman–Crippen MR) is 99.8 cm³/mol. The maximum atomic E-state index is 12.9.